The Morgan fingerprint density at radius 3 is 2.95 bits per heavy atom. The van der Waals surface area contributed by atoms with Crippen LogP contribution < -0.4 is 10.5 Å². The molecule has 108 valence electrons. The highest BCUT2D eigenvalue weighted by Gasteiger charge is 2.09. The molecule has 3 heterocycles. The van der Waals surface area contributed by atoms with Crippen molar-refractivity contribution in [3.05, 3.63) is 28.7 Å². The van der Waals surface area contributed by atoms with E-state index in [0.29, 0.717) is 6.61 Å². The van der Waals surface area contributed by atoms with Crippen molar-refractivity contribution >= 4 is 17.3 Å². The number of nitrogen functional groups attached to an aromatic ring is 1. The van der Waals surface area contributed by atoms with Gasteiger partial charge in [0, 0.05) is 11.3 Å². The Bertz CT molecular complexity index is 726. The van der Waals surface area contributed by atoms with Gasteiger partial charge in [-0.2, -0.15) is 24.7 Å². The van der Waals surface area contributed by atoms with Crippen molar-refractivity contribution in [2.75, 3.05) is 12.3 Å². The van der Waals surface area contributed by atoms with Gasteiger partial charge in [-0.25, -0.2) is 9.97 Å². The maximum absolute atomic E-state index is 5.64. The first-order valence-corrected chi connectivity index (χ1v) is 6.98. The highest BCUT2D eigenvalue weighted by atomic mass is 32.1. The van der Waals surface area contributed by atoms with E-state index in [1.807, 2.05) is 12.4 Å². The summed E-state index contributed by atoms with van der Waals surface area (Å²) in [7, 11) is 0. The summed E-state index contributed by atoms with van der Waals surface area (Å²) in [5.41, 5.74) is 8.47. The van der Waals surface area contributed by atoms with Crippen molar-refractivity contribution in [1.29, 1.82) is 0 Å². The van der Waals surface area contributed by atoms with Crippen molar-refractivity contribution in [1.82, 2.24) is 34.7 Å². The Balaban J connectivity index is 1.69. The number of ether oxygens (including phenoxy) is 1. The lowest BCUT2D eigenvalue weighted by Crippen LogP contribution is -2.11. The van der Waals surface area contributed by atoms with Crippen LogP contribution in [0.15, 0.2) is 18.2 Å². The number of aryl methyl sites for hydroxylation is 1. The Morgan fingerprint density at radius 1 is 1.33 bits per heavy atom. The molecule has 0 radical (unpaired) electrons. The number of anilines is 1. The summed E-state index contributed by atoms with van der Waals surface area (Å²) in [5, 5.41) is 3.94. The molecule has 10 heteroatoms. The Kier molecular flexibility index (Phi) is 3.69. The van der Waals surface area contributed by atoms with Gasteiger partial charge >= 0.3 is 6.01 Å². The van der Waals surface area contributed by atoms with E-state index in [4.69, 9.17) is 10.5 Å². The molecule has 0 aliphatic rings. The summed E-state index contributed by atoms with van der Waals surface area (Å²) in [5.74, 6) is 0.337. The van der Waals surface area contributed by atoms with Crippen LogP contribution in [-0.4, -0.2) is 41.3 Å². The Hall–Kier alpha value is -2.62. The lowest BCUT2D eigenvalue weighted by atomic mass is 10.3. The first kappa shape index (κ1) is 13.4. The van der Waals surface area contributed by atoms with Crippen LogP contribution in [-0.2, 0) is 6.42 Å². The topological polar surface area (TPSA) is 118 Å². The molecule has 0 atom stereocenters. The predicted octanol–water partition coefficient (Wildman–Crippen LogP) is 0.421. The van der Waals surface area contributed by atoms with Gasteiger partial charge < -0.3 is 10.5 Å². The monoisotopic (exact) mass is 304 g/mol. The van der Waals surface area contributed by atoms with E-state index in [2.05, 4.69) is 30.0 Å². The molecule has 0 amide bonds. The van der Waals surface area contributed by atoms with Gasteiger partial charge in [0.25, 0.3) is 5.95 Å². The molecular formula is C11H12N8OS. The lowest BCUT2D eigenvalue weighted by Gasteiger charge is -2.06. The van der Waals surface area contributed by atoms with Gasteiger partial charge in [-0.1, -0.05) is 0 Å². The normalized spacial score (nSPS) is 10.7. The van der Waals surface area contributed by atoms with E-state index < -0.39 is 0 Å². The van der Waals surface area contributed by atoms with E-state index in [9.17, 15) is 0 Å². The minimum atomic E-state index is 0.0690. The summed E-state index contributed by atoms with van der Waals surface area (Å²) >= 11 is 1.60. The summed E-state index contributed by atoms with van der Waals surface area (Å²) < 4.78 is 6.92. The number of nitrogens with zero attached hydrogens (tertiary/aromatic N) is 7. The van der Waals surface area contributed by atoms with Gasteiger partial charge in [-0.3, -0.25) is 0 Å². The van der Waals surface area contributed by atoms with E-state index in [1.54, 1.807) is 11.3 Å². The van der Waals surface area contributed by atoms with Gasteiger partial charge in [0.05, 0.1) is 17.8 Å². The van der Waals surface area contributed by atoms with Crippen LogP contribution in [0.25, 0.3) is 5.95 Å². The zero-order valence-corrected chi connectivity index (χ0v) is 12.0. The molecule has 0 spiro atoms. The molecule has 0 bridgehead atoms. The smallest absolute Gasteiger partial charge is 0.323 e. The number of thiazole rings is 1. The van der Waals surface area contributed by atoms with Crippen molar-refractivity contribution in [2.24, 2.45) is 0 Å². The SMILES string of the molecule is Cc1ncsc1CCOc1nc(N)nc(-n2cncn2)n1. The van der Waals surface area contributed by atoms with Gasteiger partial charge in [-0.05, 0) is 6.92 Å². The molecule has 0 aliphatic heterocycles. The second-order valence-corrected chi connectivity index (χ2v) is 5.01. The van der Waals surface area contributed by atoms with Crippen molar-refractivity contribution in [3.8, 4) is 12.0 Å². The van der Waals surface area contributed by atoms with E-state index in [-0.39, 0.29) is 17.9 Å². The number of hydrogen-bond acceptors (Lipinski definition) is 9. The fourth-order valence-corrected chi connectivity index (χ4v) is 2.40. The zero-order valence-electron chi connectivity index (χ0n) is 11.2. The Labute approximate surface area is 123 Å². The minimum Gasteiger partial charge on any atom is -0.463 e. The van der Waals surface area contributed by atoms with Gasteiger partial charge in [0.15, 0.2) is 0 Å². The molecule has 0 saturated carbocycles. The molecule has 3 aromatic rings. The molecule has 0 aliphatic carbocycles. The molecule has 21 heavy (non-hydrogen) atoms. The van der Waals surface area contributed by atoms with Crippen molar-refractivity contribution in [3.63, 3.8) is 0 Å². The zero-order chi connectivity index (χ0) is 14.7. The largest absolute Gasteiger partial charge is 0.463 e. The quantitative estimate of drug-likeness (QED) is 0.720. The molecule has 0 fully saturated rings. The first-order chi connectivity index (χ1) is 10.2. The van der Waals surface area contributed by atoms with Crippen LogP contribution in [0.5, 0.6) is 6.01 Å². The summed E-state index contributed by atoms with van der Waals surface area (Å²) in [4.78, 5) is 21.3. The Morgan fingerprint density at radius 2 is 2.24 bits per heavy atom. The fourth-order valence-electron chi connectivity index (χ4n) is 1.64. The van der Waals surface area contributed by atoms with Crippen molar-refractivity contribution in [2.45, 2.75) is 13.3 Å². The first-order valence-electron chi connectivity index (χ1n) is 6.10. The standard InChI is InChI=1S/C11H12N8OS/c1-7-8(21-6-14-7)2-3-20-11-17-9(12)16-10(18-11)19-5-13-4-15-19/h4-6H,2-3H2,1H3,(H2,12,16,17,18). The van der Waals surface area contributed by atoms with E-state index >= 15 is 0 Å². The highest BCUT2D eigenvalue weighted by Crippen LogP contribution is 2.14. The number of aromatic nitrogens is 7. The minimum absolute atomic E-state index is 0.0690. The van der Waals surface area contributed by atoms with Gasteiger partial charge in [0.1, 0.15) is 12.7 Å². The number of rotatable bonds is 5. The van der Waals surface area contributed by atoms with Crippen molar-refractivity contribution < 1.29 is 4.74 Å². The molecule has 3 aromatic heterocycles. The maximum atomic E-state index is 5.64. The molecule has 3 rings (SSSR count). The molecule has 0 saturated heterocycles. The van der Waals surface area contributed by atoms with Crippen LogP contribution in [0.2, 0.25) is 0 Å². The summed E-state index contributed by atoms with van der Waals surface area (Å²) in [6.45, 7) is 2.40. The number of hydrogen-bond donors (Lipinski definition) is 1. The molecular weight excluding hydrogens is 292 g/mol. The molecule has 0 unspecified atom stereocenters. The summed E-state index contributed by atoms with van der Waals surface area (Å²) in [6.07, 6.45) is 3.59. The van der Waals surface area contributed by atoms with Crippen LogP contribution in [0.1, 0.15) is 10.6 Å². The predicted molar refractivity (Wildman–Crippen MR) is 75.2 cm³/mol. The van der Waals surface area contributed by atoms with Crippen LogP contribution >= 0.6 is 11.3 Å². The molecule has 9 nitrogen and oxygen atoms in total. The maximum Gasteiger partial charge on any atom is 0.323 e. The van der Waals surface area contributed by atoms with E-state index in [0.717, 1.165) is 12.1 Å². The highest BCUT2D eigenvalue weighted by molar-refractivity contribution is 7.09. The average Bonchev–Trinajstić information content (AvgIpc) is 3.10. The average molecular weight is 304 g/mol. The van der Waals surface area contributed by atoms with Gasteiger partial charge in [0.2, 0.25) is 5.95 Å². The fraction of sp³-hybridized carbons (Fsp3) is 0.273. The second-order valence-electron chi connectivity index (χ2n) is 4.08. The van der Waals surface area contributed by atoms with Gasteiger partial charge in [-0.15, -0.1) is 11.3 Å². The summed E-state index contributed by atoms with van der Waals surface area (Å²) in [6, 6.07) is 0.162. The van der Waals surface area contributed by atoms with Crippen LogP contribution in [0, 0.1) is 6.92 Å². The van der Waals surface area contributed by atoms with E-state index in [1.165, 1.54) is 22.2 Å². The van der Waals surface area contributed by atoms with Crippen LogP contribution in [0.4, 0.5) is 5.95 Å². The third-order valence-electron chi connectivity index (χ3n) is 2.65. The number of nitrogens with two attached hydrogens (primary N) is 1. The lowest BCUT2D eigenvalue weighted by molar-refractivity contribution is 0.296. The van der Waals surface area contributed by atoms with Crippen LogP contribution in [0.3, 0.4) is 0 Å². The molecule has 0 aromatic carbocycles. The second kappa shape index (κ2) is 5.79. The molecule has 2 N–H and O–H groups in total. The third kappa shape index (κ3) is 3.11. The third-order valence-corrected chi connectivity index (χ3v) is 3.64.